The Bertz CT molecular complexity index is 662. The van der Waals surface area contributed by atoms with Crippen LogP contribution in [-0.2, 0) is 16.0 Å². The van der Waals surface area contributed by atoms with Crippen LogP contribution in [0.2, 0.25) is 0 Å². The van der Waals surface area contributed by atoms with Crippen LogP contribution in [0.25, 0.3) is 0 Å². The first kappa shape index (κ1) is 18.8. The summed E-state index contributed by atoms with van der Waals surface area (Å²) in [6.07, 6.45) is 8.25. The van der Waals surface area contributed by atoms with Crippen molar-refractivity contribution in [3.63, 3.8) is 0 Å². The molecule has 7 heteroatoms. The Morgan fingerprint density at radius 2 is 2.28 bits per heavy atom. The number of alkyl carbamates (subject to hydrolysis) is 1. The zero-order chi connectivity index (χ0) is 18.6. The predicted molar refractivity (Wildman–Crippen MR) is 93.5 cm³/mol. The van der Waals surface area contributed by atoms with Crippen molar-refractivity contribution in [1.29, 1.82) is 0 Å². The number of terminal acetylenes is 1. The molecular formula is C18H26N4O3. The summed E-state index contributed by atoms with van der Waals surface area (Å²) in [6, 6.07) is -0.887. The molecule has 2 amide bonds. The molecule has 0 bridgehead atoms. The van der Waals surface area contributed by atoms with Crippen molar-refractivity contribution in [2.45, 2.75) is 45.7 Å². The Labute approximate surface area is 148 Å². The van der Waals surface area contributed by atoms with Crippen LogP contribution in [0.4, 0.5) is 4.79 Å². The number of nitrogens with one attached hydrogen (secondary N) is 2. The molecule has 3 unspecified atom stereocenters. The maximum absolute atomic E-state index is 13.1. The first-order valence-electron chi connectivity index (χ1n) is 8.56. The van der Waals surface area contributed by atoms with Gasteiger partial charge in [-0.2, -0.15) is 0 Å². The summed E-state index contributed by atoms with van der Waals surface area (Å²) in [7, 11) is 1.28. The second-order valence-electron chi connectivity index (χ2n) is 6.61. The van der Waals surface area contributed by atoms with E-state index < -0.39 is 12.1 Å². The van der Waals surface area contributed by atoms with Crippen molar-refractivity contribution in [2.75, 3.05) is 13.7 Å². The maximum atomic E-state index is 13.1. The molecule has 1 fully saturated rings. The number of likely N-dealkylation sites (tertiary alicyclic amines) is 1. The minimum atomic E-state index is -0.674. The SMILES string of the molecule is C#CC1CC(c2ncc(CC)[nH]2)N(C(=O)C(NC(=O)OC)C(C)C)C1. The maximum Gasteiger partial charge on any atom is 0.407 e. The Morgan fingerprint density at radius 3 is 2.80 bits per heavy atom. The monoisotopic (exact) mass is 346 g/mol. The molecule has 1 aromatic rings. The van der Waals surface area contributed by atoms with Gasteiger partial charge in [0.25, 0.3) is 0 Å². The number of imidazole rings is 1. The number of aryl methyl sites for hydroxylation is 1. The molecule has 0 spiro atoms. The average molecular weight is 346 g/mol. The second kappa shape index (κ2) is 8.06. The van der Waals surface area contributed by atoms with Crippen LogP contribution in [0, 0.1) is 24.2 Å². The molecule has 2 heterocycles. The van der Waals surface area contributed by atoms with Crippen molar-refractivity contribution in [1.82, 2.24) is 20.2 Å². The summed E-state index contributed by atoms with van der Waals surface area (Å²) >= 11 is 0. The number of nitrogens with zero attached hydrogens (tertiary/aromatic N) is 2. The second-order valence-corrected chi connectivity index (χ2v) is 6.61. The van der Waals surface area contributed by atoms with Gasteiger partial charge < -0.3 is 19.9 Å². The van der Waals surface area contributed by atoms with E-state index in [1.165, 1.54) is 7.11 Å². The van der Waals surface area contributed by atoms with Crippen LogP contribution in [0.15, 0.2) is 6.20 Å². The van der Waals surface area contributed by atoms with Crippen molar-refractivity contribution >= 4 is 12.0 Å². The highest BCUT2D eigenvalue weighted by Gasteiger charge is 2.40. The third-order valence-electron chi connectivity index (χ3n) is 4.56. The molecule has 136 valence electrons. The fourth-order valence-corrected chi connectivity index (χ4v) is 3.06. The highest BCUT2D eigenvalue weighted by atomic mass is 16.5. The Hall–Kier alpha value is -2.49. The quantitative estimate of drug-likeness (QED) is 0.797. The molecule has 1 aliphatic heterocycles. The Balaban J connectivity index is 2.26. The van der Waals surface area contributed by atoms with Crippen LogP contribution < -0.4 is 5.32 Å². The zero-order valence-electron chi connectivity index (χ0n) is 15.2. The van der Waals surface area contributed by atoms with Gasteiger partial charge >= 0.3 is 6.09 Å². The normalized spacial score (nSPS) is 21.0. The highest BCUT2D eigenvalue weighted by Crippen LogP contribution is 2.34. The third kappa shape index (κ3) is 4.13. The van der Waals surface area contributed by atoms with E-state index in [9.17, 15) is 9.59 Å². The summed E-state index contributed by atoms with van der Waals surface area (Å²) in [6.45, 7) is 6.25. The van der Waals surface area contributed by atoms with Gasteiger partial charge in [-0.3, -0.25) is 4.79 Å². The van der Waals surface area contributed by atoms with E-state index in [0.717, 1.165) is 17.9 Å². The van der Waals surface area contributed by atoms with Crippen LogP contribution in [0.5, 0.6) is 0 Å². The number of rotatable bonds is 5. The van der Waals surface area contributed by atoms with Crippen LogP contribution in [-0.4, -0.2) is 46.6 Å². The topological polar surface area (TPSA) is 87.3 Å². The van der Waals surface area contributed by atoms with Crippen LogP contribution in [0.1, 0.15) is 44.8 Å². The molecule has 0 aromatic carbocycles. The Morgan fingerprint density at radius 1 is 1.56 bits per heavy atom. The van der Waals surface area contributed by atoms with Gasteiger partial charge in [-0.1, -0.05) is 20.8 Å². The minimum absolute atomic E-state index is 0.0323. The zero-order valence-corrected chi connectivity index (χ0v) is 15.2. The van der Waals surface area contributed by atoms with E-state index in [0.29, 0.717) is 13.0 Å². The largest absolute Gasteiger partial charge is 0.453 e. The lowest BCUT2D eigenvalue weighted by atomic mass is 10.0. The molecule has 0 aliphatic carbocycles. The number of carbonyl (C=O) groups is 2. The molecule has 3 atom stereocenters. The summed E-state index contributed by atoms with van der Waals surface area (Å²) in [5.74, 6) is 3.20. The van der Waals surface area contributed by atoms with Gasteiger partial charge in [0.2, 0.25) is 5.91 Å². The highest BCUT2D eigenvalue weighted by molar-refractivity contribution is 5.86. The molecule has 2 rings (SSSR count). The van der Waals surface area contributed by atoms with E-state index in [1.807, 2.05) is 20.8 Å². The summed E-state index contributed by atoms with van der Waals surface area (Å²) in [5, 5.41) is 2.63. The molecule has 1 saturated heterocycles. The summed E-state index contributed by atoms with van der Waals surface area (Å²) in [4.78, 5) is 34.1. The molecule has 2 N–H and O–H groups in total. The number of aromatic nitrogens is 2. The van der Waals surface area contributed by atoms with E-state index >= 15 is 0 Å². The van der Waals surface area contributed by atoms with Gasteiger partial charge in [-0.05, 0) is 18.8 Å². The van der Waals surface area contributed by atoms with E-state index in [4.69, 9.17) is 6.42 Å². The van der Waals surface area contributed by atoms with E-state index in [1.54, 1.807) is 11.1 Å². The first-order chi connectivity index (χ1) is 11.9. The van der Waals surface area contributed by atoms with Gasteiger partial charge in [-0.15, -0.1) is 12.3 Å². The number of carbonyl (C=O) groups excluding carboxylic acids is 2. The number of ether oxygens (including phenoxy) is 1. The third-order valence-corrected chi connectivity index (χ3v) is 4.56. The van der Waals surface area contributed by atoms with Gasteiger partial charge in [0.1, 0.15) is 11.9 Å². The lowest BCUT2D eigenvalue weighted by molar-refractivity contribution is -0.135. The number of hydrogen-bond donors (Lipinski definition) is 2. The van der Waals surface area contributed by atoms with Crippen molar-refractivity contribution in [3.8, 4) is 12.3 Å². The number of amides is 2. The lowest BCUT2D eigenvalue weighted by Gasteiger charge is -2.29. The molecule has 0 saturated carbocycles. The molecular weight excluding hydrogens is 320 g/mol. The fourth-order valence-electron chi connectivity index (χ4n) is 3.06. The molecule has 25 heavy (non-hydrogen) atoms. The number of methoxy groups -OCH3 is 1. The van der Waals surface area contributed by atoms with Gasteiger partial charge in [0, 0.05) is 24.4 Å². The van der Waals surface area contributed by atoms with Crippen molar-refractivity contribution in [3.05, 3.63) is 17.7 Å². The van der Waals surface area contributed by atoms with E-state index in [2.05, 4.69) is 25.9 Å². The summed E-state index contributed by atoms with van der Waals surface area (Å²) < 4.78 is 4.64. The standard InChI is InChI=1S/C18H26N4O3/c1-6-12-8-14(16-19-9-13(7-2)20-16)22(10-12)17(23)15(11(3)4)21-18(24)25-5/h1,9,11-12,14-15H,7-8,10H2,2-5H3,(H,19,20)(H,21,24). The molecule has 1 aromatic heterocycles. The minimum Gasteiger partial charge on any atom is -0.453 e. The summed E-state index contributed by atoms with van der Waals surface area (Å²) in [5.41, 5.74) is 1.01. The first-order valence-corrected chi connectivity index (χ1v) is 8.56. The van der Waals surface area contributed by atoms with E-state index in [-0.39, 0.29) is 23.8 Å². The predicted octanol–water partition coefficient (Wildman–Crippen LogP) is 1.88. The van der Waals surface area contributed by atoms with Crippen LogP contribution in [0.3, 0.4) is 0 Å². The van der Waals surface area contributed by atoms with Crippen molar-refractivity contribution < 1.29 is 14.3 Å². The Kier molecular flexibility index (Phi) is 6.07. The van der Waals surface area contributed by atoms with Crippen LogP contribution >= 0.6 is 0 Å². The van der Waals surface area contributed by atoms with Gasteiger partial charge in [0.05, 0.1) is 13.2 Å². The molecule has 7 nitrogen and oxygen atoms in total. The molecule has 1 aliphatic rings. The number of H-pyrrole nitrogens is 1. The van der Waals surface area contributed by atoms with Gasteiger partial charge in [-0.25, -0.2) is 9.78 Å². The molecule has 0 radical (unpaired) electrons. The van der Waals surface area contributed by atoms with Gasteiger partial charge in [0.15, 0.2) is 0 Å². The fraction of sp³-hybridized carbons (Fsp3) is 0.611. The lowest BCUT2D eigenvalue weighted by Crippen LogP contribution is -2.51. The average Bonchev–Trinajstić information content (AvgIpc) is 3.24. The number of aromatic amines is 1. The van der Waals surface area contributed by atoms with Crippen molar-refractivity contribution in [2.24, 2.45) is 11.8 Å². The smallest absolute Gasteiger partial charge is 0.407 e. The number of hydrogen-bond acceptors (Lipinski definition) is 4.